The number of aryl methyl sites for hydroxylation is 1. The zero-order valence-electron chi connectivity index (χ0n) is 13.7. The molecule has 4 heterocycles. The first-order valence-corrected chi connectivity index (χ1v) is 8.29. The number of fused-ring (bicyclic) bond motifs is 1. The molecule has 3 aromatic heterocycles. The predicted octanol–water partition coefficient (Wildman–Crippen LogP) is 1.69. The van der Waals surface area contributed by atoms with Crippen LogP contribution in [0.3, 0.4) is 0 Å². The SMILES string of the molecule is O=C(CCCc1nc(-c2cccnc2)no1)N1CCn2cncc2C1. The summed E-state index contributed by atoms with van der Waals surface area (Å²) in [4.78, 5) is 26.8. The molecule has 0 aromatic carbocycles. The molecule has 4 rings (SSSR count). The van der Waals surface area contributed by atoms with Gasteiger partial charge in [0.2, 0.25) is 17.6 Å². The Kier molecular flexibility index (Phi) is 4.24. The summed E-state index contributed by atoms with van der Waals surface area (Å²) in [5.74, 6) is 1.22. The van der Waals surface area contributed by atoms with E-state index in [1.807, 2.05) is 29.6 Å². The first-order chi connectivity index (χ1) is 12.3. The third-order valence-corrected chi connectivity index (χ3v) is 4.28. The van der Waals surface area contributed by atoms with Gasteiger partial charge in [-0.1, -0.05) is 5.16 Å². The number of carbonyl (C=O) groups excluding carboxylic acids is 1. The highest BCUT2D eigenvalue weighted by Crippen LogP contribution is 2.16. The lowest BCUT2D eigenvalue weighted by Crippen LogP contribution is -2.37. The van der Waals surface area contributed by atoms with Gasteiger partial charge in [-0.3, -0.25) is 9.78 Å². The molecule has 0 fully saturated rings. The second-order valence-electron chi connectivity index (χ2n) is 6.00. The van der Waals surface area contributed by atoms with Crippen LogP contribution in [0.5, 0.6) is 0 Å². The molecule has 8 nitrogen and oxygen atoms in total. The van der Waals surface area contributed by atoms with Crippen LogP contribution >= 0.6 is 0 Å². The topological polar surface area (TPSA) is 89.9 Å². The van der Waals surface area contributed by atoms with Crippen LogP contribution in [0.2, 0.25) is 0 Å². The molecule has 3 aromatic rings. The minimum atomic E-state index is 0.152. The molecule has 1 aliphatic rings. The summed E-state index contributed by atoms with van der Waals surface area (Å²) in [5.41, 5.74) is 1.90. The van der Waals surface area contributed by atoms with Gasteiger partial charge in [0, 0.05) is 50.1 Å². The minimum absolute atomic E-state index is 0.152. The summed E-state index contributed by atoms with van der Waals surface area (Å²) >= 11 is 0. The van der Waals surface area contributed by atoms with Gasteiger partial charge in [-0.05, 0) is 18.6 Å². The number of hydrogen-bond donors (Lipinski definition) is 0. The molecule has 0 aliphatic carbocycles. The lowest BCUT2D eigenvalue weighted by molar-refractivity contribution is -0.132. The maximum absolute atomic E-state index is 12.4. The predicted molar refractivity (Wildman–Crippen MR) is 88.1 cm³/mol. The molecule has 0 unspecified atom stereocenters. The van der Waals surface area contributed by atoms with Crippen molar-refractivity contribution in [3.05, 3.63) is 48.6 Å². The minimum Gasteiger partial charge on any atom is -0.339 e. The van der Waals surface area contributed by atoms with Crippen molar-refractivity contribution in [2.45, 2.75) is 32.4 Å². The first-order valence-electron chi connectivity index (χ1n) is 8.29. The van der Waals surface area contributed by atoms with Crippen LogP contribution in [0.1, 0.15) is 24.4 Å². The maximum atomic E-state index is 12.4. The molecule has 0 N–H and O–H groups in total. The Morgan fingerprint density at radius 1 is 1.24 bits per heavy atom. The zero-order chi connectivity index (χ0) is 17.1. The van der Waals surface area contributed by atoms with Crippen molar-refractivity contribution in [2.75, 3.05) is 6.54 Å². The molecule has 1 amide bonds. The Labute approximate surface area is 144 Å². The van der Waals surface area contributed by atoms with E-state index >= 15 is 0 Å². The summed E-state index contributed by atoms with van der Waals surface area (Å²) in [7, 11) is 0. The van der Waals surface area contributed by atoms with Crippen LogP contribution in [0.4, 0.5) is 0 Å². The van der Waals surface area contributed by atoms with E-state index in [1.165, 1.54) is 0 Å². The third-order valence-electron chi connectivity index (χ3n) is 4.28. The van der Waals surface area contributed by atoms with E-state index in [0.29, 0.717) is 37.5 Å². The van der Waals surface area contributed by atoms with Crippen LogP contribution in [-0.4, -0.2) is 42.0 Å². The number of pyridine rings is 1. The van der Waals surface area contributed by atoms with Crippen molar-refractivity contribution in [2.24, 2.45) is 0 Å². The summed E-state index contributed by atoms with van der Waals surface area (Å²) in [5, 5.41) is 3.96. The van der Waals surface area contributed by atoms with Gasteiger partial charge >= 0.3 is 0 Å². The molecular weight excluding hydrogens is 320 g/mol. The molecule has 8 heteroatoms. The van der Waals surface area contributed by atoms with Gasteiger partial charge in [0.25, 0.3) is 0 Å². The number of aromatic nitrogens is 5. The van der Waals surface area contributed by atoms with Gasteiger partial charge in [0.05, 0.1) is 18.6 Å². The largest absolute Gasteiger partial charge is 0.339 e. The number of amides is 1. The van der Waals surface area contributed by atoms with E-state index in [-0.39, 0.29) is 5.91 Å². The van der Waals surface area contributed by atoms with E-state index in [1.54, 1.807) is 12.4 Å². The number of hydrogen-bond acceptors (Lipinski definition) is 6. The van der Waals surface area contributed by atoms with Crippen molar-refractivity contribution in [3.8, 4) is 11.4 Å². The Morgan fingerprint density at radius 2 is 2.20 bits per heavy atom. The van der Waals surface area contributed by atoms with Gasteiger partial charge in [0.1, 0.15) is 0 Å². The van der Waals surface area contributed by atoms with Crippen molar-refractivity contribution < 1.29 is 9.32 Å². The summed E-state index contributed by atoms with van der Waals surface area (Å²) < 4.78 is 7.34. The van der Waals surface area contributed by atoms with E-state index in [9.17, 15) is 4.79 Å². The second-order valence-corrected chi connectivity index (χ2v) is 6.00. The van der Waals surface area contributed by atoms with Gasteiger partial charge < -0.3 is 14.0 Å². The van der Waals surface area contributed by atoms with Crippen LogP contribution in [-0.2, 0) is 24.3 Å². The molecule has 0 bridgehead atoms. The Hall–Kier alpha value is -3.03. The highest BCUT2D eigenvalue weighted by Gasteiger charge is 2.20. The van der Waals surface area contributed by atoms with E-state index < -0.39 is 0 Å². The monoisotopic (exact) mass is 338 g/mol. The summed E-state index contributed by atoms with van der Waals surface area (Å²) in [6.45, 7) is 2.16. The highest BCUT2D eigenvalue weighted by molar-refractivity contribution is 5.76. The third kappa shape index (κ3) is 3.42. The van der Waals surface area contributed by atoms with Crippen LogP contribution < -0.4 is 0 Å². The quantitative estimate of drug-likeness (QED) is 0.703. The fourth-order valence-electron chi connectivity index (χ4n) is 2.91. The average molecular weight is 338 g/mol. The molecule has 0 spiro atoms. The van der Waals surface area contributed by atoms with E-state index in [4.69, 9.17) is 4.52 Å². The van der Waals surface area contributed by atoms with E-state index in [2.05, 4.69) is 24.7 Å². The number of rotatable bonds is 5. The Bertz CT molecular complexity index is 857. The van der Waals surface area contributed by atoms with Crippen molar-refractivity contribution in [3.63, 3.8) is 0 Å². The van der Waals surface area contributed by atoms with Crippen LogP contribution in [0.25, 0.3) is 11.4 Å². The number of carbonyl (C=O) groups is 1. The van der Waals surface area contributed by atoms with Crippen LogP contribution in [0, 0.1) is 0 Å². The van der Waals surface area contributed by atoms with Gasteiger partial charge in [-0.15, -0.1) is 0 Å². The normalized spacial score (nSPS) is 13.7. The molecule has 128 valence electrons. The molecule has 0 atom stereocenters. The summed E-state index contributed by atoms with van der Waals surface area (Å²) in [6.07, 6.45) is 8.76. The van der Waals surface area contributed by atoms with E-state index in [0.717, 1.165) is 24.3 Å². The summed E-state index contributed by atoms with van der Waals surface area (Å²) in [6, 6.07) is 3.71. The molecular formula is C17H18N6O2. The lowest BCUT2D eigenvalue weighted by atomic mass is 10.2. The van der Waals surface area contributed by atoms with Gasteiger partial charge in [0.15, 0.2) is 0 Å². The fourth-order valence-corrected chi connectivity index (χ4v) is 2.91. The maximum Gasteiger partial charge on any atom is 0.226 e. The molecule has 0 saturated heterocycles. The van der Waals surface area contributed by atoms with Gasteiger partial charge in [-0.2, -0.15) is 4.98 Å². The molecule has 0 saturated carbocycles. The molecule has 25 heavy (non-hydrogen) atoms. The highest BCUT2D eigenvalue weighted by atomic mass is 16.5. The Balaban J connectivity index is 1.28. The standard InChI is InChI=1S/C17H18N6O2/c24-16(22-7-8-23-12-19-10-14(23)11-22)5-1-4-15-20-17(21-25-15)13-3-2-6-18-9-13/h2-3,6,9-10,12H,1,4-5,7-8,11H2. The number of imidazole rings is 1. The Morgan fingerprint density at radius 3 is 3.08 bits per heavy atom. The zero-order valence-corrected chi connectivity index (χ0v) is 13.7. The van der Waals surface area contributed by atoms with Crippen LogP contribution in [0.15, 0.2) is 41.6 Å². The van der Waals surface area contributed by atoms with Crippen molar-refractivity contribution in [1.82, 2.24) is 29.6 Å². The number of nitrogens with zero attached hydrogens (tertiary/aromatic N) is 6. The first kappa shape index (κ1) is 15.5. The van der Waals surface area contributed by atoms with Crippen molar-refractivity contribution in [1.29, 1.82) is 0 Å². The lowest BCUT2D eigenvalue weighted by Gasteiger charge is -2.28. The molecule has 0 radical (unpaired) electrons. The second kappa shape index (κ2) is 6.84. The van der Waals surface area contributed by atoms with Crippen molar-refractivity contribution >= 4 is 5.91 Å². The molecule has 1 aliphatic heterocycles. The average Bonchev–Trinajstić information content (AvgIpc) is 3.31. The van der Waals surface area contributed by atoms with Gasteiger partial charge in [-0.25, -0.2) is 4.98 Å². The fraction of sp³-hybridized carbons (Fsp3) is 0.353. The smallest absolute Gasteiger partial charge is 0.226 e.